The number of aromatic amines is 1. The molecule has 11 atom stereocenters. The Morgan fingerprint density at radius 2 is 1.49 bits per heavy atom. The van der Waals surface area contributed by atoms with E-state index in [2.05, 4.69) is 13.4 Å². The quantitative estimate of drug-likeness (QED) is 0.111. The molecule has 0 saturated carbocycles. The van der Waals surface area contributed by atoms with Gasteiger partial charge in [-0.05, 0) is 0 Å². The number of aromatic nitrogens is 2. The molecule has 0 bridgehead atoms. The molecule has 0 aromatic carbocycles. The second-order valence-electron chi connectivity index (χ2n) is 8.04. The van der Waals surface area contributed by atoms with Gasteiger partial charge in [0, 0.05) is 12.3 Å². The standard InChI is InChI=1S/C16H26N2O17P2/c19-3-6(20)14-12(24)10(22)7(33-14)4-31-36(27,28)35-37(29,30)32-5-8-11(23)13(25)15(34-8)18-2-1-9(21)17-16(18)26/h1-2,6-8,10-15,19-20,22-25H,3-5H2,(H,27,28)(H,29,30)(H,17,21,26)/t6-,7-,8-,10+,11-,12-,13-,14+,15-/m1/s1. The van der Waals surface area contributed by atoms with Crippen molar-refractivity contribution < 1.29 is 72.4 Å². The monoisotopic (exact) mass is 580 g/mol. The highest BCUT2D eigenvalue weighted by Gasteiger charge is 2.48. The summed E-state index contributed by atoms with van der Waals surface area (Å²) < 4.78 is 48.4. The fourth-order valence-electron chi connectivity index (χ4n) is 3.57. The second-order valence-corrected chi connectivity index (χ2v) is 11.1. The van der Waals surface area contributed by atoms with E-state index in [-0.39, 0.29) is 0 Å². The Kier molecular flexibility index (Phi) is 9.61. The lowest BCUT2D eigenvalue weighted by Crippen LogP contribution is -2.40. The highest BCUT2D eigenvalue weighted by Crippen LogP contribution is 2.60. The van der Waals surface area contributed by atoms with Crippen molar-refractivity contribution in [3.63, 3.8) is 0 Å². The molecular weight excluding hydrogens is 554 g/mol. The van der Waals surface area contributed by atoms with Crippen molar-refractivity contribution in [1.29, 1.82) is 0 Å². The van der Waals surface area contributed by atoms with Crippen molar-refractivity contribution in [3.8, 4) is 0 Å². The number of hydrogen-bond acceptors (Lipinski definition) is 15. The van der Waals surface area contributed by atoms with Crippen LogP contribution < -0.4 is 11.2 Å². The van der Waals surface area contributed by atoms with E-state index in [1.165, 1.54) is 0 Å². The Labute approximate surface area is 206 Å². The third-order valence-electron chi connectivity index (χ3n) is 5.44. The number of hydrogen-bond donors (Lipinski definition) is 9. The first-order chi connectivity index (χ1) is 17.2. The van der Waals surface area contributed by atoms with Crippen LogP contribution in [0.1, 0.15) is 6.23 Å². The zero-order valence-corrected chi connectivity index (χ0v) is 20.4. The lowest BCUT2D eigenvalue weighted by atomic mass is 10.0. The fourth-order valence-corrected chi connectivity index (χ4v) is 5.67. The predicted molar refractivity (Wildman–Crippen MR) is 114 cm³/mol. The summed E-state index contributed by atoms with van der Waals surface area (Å²) in [6.07, 6.45) is -13.6. The molecule has 2 aliphatic heterocycles. The normalized spacial score (nSPS) is 36.2. The summed E-state index contributed by atoms with van der Waals surface area (Å²) >= 11 is 0. The molecule has 3 rings (SSSR count). The minimum atomic E-state index is -5.39. The number of phosphoric ester groups is 2. The van der Waals surface area contributed by atoms with Crippen LogP contribution >= 0.6 is 15.6 Å². The summed E-state index contributed by atoms with van der Waals surface area (Å²) in [7, 11) is -10.8. The third-order valence-corrected chi connectivity index (χ3v) is 8.04. The lowest BCUT2D eigenvalue weighted by Gasteiger charge is -2.21. The Balaban J connectivity index is 1.55. The van der Waals surface area contributed by atoms with Crippen molar-refractivity contribution in [2.24, 2.45) is 0 Å². The third kappa shape index (κ3) is 7.18. The molecule has 2 saturated heterocycles. The summed E-state index contributed by atoms with van der Waals surface area (Å²) in [5.41, 5.74) is -1.73. The average molecular weight is 580 g/mol. The smallest absolute Gasteiger partial charge is 0.394 e. The van der Waals surface area contributed by atoms with Gasteiger partial charge < -0.3 is 49.9 Å². The molecule has 2 unspecified atom stereocenters. The molecular formula is C16H26N2O17P2. The molecule has 0 spiro atoms. The molecule has 0 amide bonds. The van der Waals surface area contributed by atoms with Crippen LogP contribution in [0, 0.1) is 0 Å². The van der Waals surface area contributed by atoms with Gasteiger partial charge in [-0.2, -0.15) is 4.31 Å². The molecule has 2 fully saturated rings. The van der Waals surface area contributed by atoms with Crippen molar-refractivity contribution >= 4 is 15.6 Å². The predicted octanol–water partition coefficient (Wildman–Crippen LogP) is -4.75. The molecule has 2 aliphatic rings. The van der Waals surface area contributed by atoms with E-state index in [1.54, 1.807) is 0 Å². The number of nitrogens with zero attached hydrogens (tertiary/aromatic N) is 1. The van der Waals surface area contributed by atoms with Crippen LogP contribution in [0.25, 0.3) is 0 Å². The Morgan fingerprint density at radius 3 is 2.03 bits per heavy atom. The van der Waals surface area contributed by atoms with Crippen molar-refractivity contribution in [2.75, 3.05) is 19.8 Å². The van der Waals surface area contributed by atoms with E-state index in [0.717, 1.165) is 16.8 Å². The van der Waals surface area contributed by atoms with Gasteiger partial charge in [0.25, 0.3) is 5.56 Å². The maximum atomic E-state index is 12.1. The number of rotatable bonds is 11. The fraction of sp³-hybridized carbons (Fsp3) is 0.750. The molecule has 0 aliphatic carbocycles. The molecule has 212 valence electrons. The van der Waals surface area contributed by atoms with Gasteiger partial charge in [-0.25, -0.2) is 13.9 Å². The van der Waals surface area contributed by atoms with E-state index in [4.69, 9.17) is 14.6 Å². The van der Waals surface area contributed by atoms with Gasteiger partial charge in [0.05, 0.1) is 19.8 Å². The van der Waals surface area contributed by atoms with E-state index in [0.29, 0.717) is 0 Å². The zero-order chi connectivity index (χ0) is 27.7. The van der Waals surface area contributed by atoms with Crippen LogP contribution in [0.4, 0.5) is 0 Å². The van der Waals surface area contributed by atoms with Crippen molar-refractivity contribution in [1.82, 2.24) is 9.55 Å². The molecule has 19 nitrogen and oxygen atoms in total. The summed E-state index contributed by atoms with van der Waals surface area (Å²) in [6, 6.07) is 0.938. The van der Waals surface area contributed by atoms with Crippen LogP contribution in [0.2, 0.25) is 0 Å². The Hall–Kier alpha value is -1.38. The molecule has 9 N–H and O–H groups in total. The van der Waals surface area contributed by atoms with Crippen LogP contribution in [0.3, 0.4) is 0 Å². The van der Waals surface area contributed by atoms with E-state index >= 15 is 0 Å². The van der Waals surface area contributed by atoms with Crippen LogP contribution in [-0.2, 0) is 32.0 Å². The van der Waals surface area contributed by atoms with Gasteiger partial charge in [-0.3, -0.25) is 23.4 Å². The number of phosphoric acid groups is 2. The van der Waals surface area contributed by atoms with Crippen molar-refractivity contribution in [2.45, 2.75) is 55.1 Å². The van der Waals surface area contributed by atoms with Crippen LogP contribution in [0.5, 0.6) is 0 Å². The van der Waals surface area contributed by atoms with Crippen molar-refractivity contribution in [3.05, 3.63) is 33.1 Å². The maximum absolute atomic E-state index is 12.1. The van der Waals surface area contributed by atoms with Gasteiger partial charge in [0.1, 0.15) is 48.8 Å². The number of aliphatic hydroxyl groups excluding tert-OH is 6. The molecule has 37 heavy (non-hydrogen) atoms. The summed E-state index contributed by atoms with van der Waals surface area (Å²) in [5.74, 6) is 0. The van der Waals surface area contributed by atoms with Gasteiger partial charge in [0.15, 0.2) is 6.23 Å². The maximum Gasteiger partial charge on any atom is 0.481 e. The Bertz CT molecular complexity index is 1140. The molecule has 21 heteroatoms. The topological polar surface area (TPSA) is 297 Å². The molecule has 1 aromatic rings. The zero-order valence-electron chi connectivity index (χ0n) is 18.6. The van der Waals surface area contributed by atoms with Gasteiger partial charge in [-0.15, -0.1) is 0 Å². The van der Waals surface area contributed by atoms with E-state index in [9.17, 15) is 54.0 Å². The van der Waals surface area contributed by atoms with Gasteiger partial charge in [-0.1, -0.05) is 0 Å². The lowest BCUT2D eigenvalue weighted by molar-refractivity contribution is -0.0879. The number of aliphatic hydroxyl groups is 6. The molecule has 1 aromatic heterocycles. The van der Waals surface area contributed by atoms with Gasteiger partial charge >= 0.3 is 21.3 Å². The Morgan fingerprint density at radius 1 is 0.946 bits per heavy atom. The number of ether oxygens (including phenoxy) is 2. The second kappa shape index (κ2) is 11.8. The van der Waals surface area contributed by atoms with E-state index < -0.39 is 102 Å². The first kappa shape index (κ1) is 30.2. The highest BCUT2D eigenvalue weighted by atomic mass is 31.3. The molecule has 3 heterocycles. The largest absolute Gasteiger partial charge is 0.481 e. The SMILES string of the molecule is O=c1ccn([C@@H]2O[C@H](COP(=O)(O)OP(=O)(O)OC[C@H]3O[C@@H]([C@H](O)CO)[C@H](O)[C@H]3O)[C@@H](O)[C@H]2O)c(=O)[nH]1. The van der Waals surface area contributed by atoms with Gasteiger partial charge in [0.2, 0.25) is 0 Å². The first-order valence-electron chi connectivity index (χ1n) is 10.5. The summed E-state index contributed by atoms with van der Waals surface area (Å²) in [4.78, 5) is 44.5. The highest BCUT2D eigenvalue weighted by molar-refractivity contribution is 7.61. The van der Waals surface area contributed by atoms with Crippen LogP contribution in [0.15, 0.2) is 21.9 Å². The van der Waals surface area contributed by atoms with E-state index in [1.807, 2.05) is 4.98 Å². The summed E-state index contributed by atoms with van der Waals surface area (Å²) in [5, 5.41) is 58.5. The molecule has 0 radical (unpaired) electrons. The first-order valence-corrected chi connectivity index (χ1v) is 13.4. The minimum absolute atomic E-state index is 0.737. The number of H-pyrrole nitrogens is 1. The van der Waals surface area contributed by atoms with Crippen LogP contribution in [-0.4, -0.2) is 119 Å². The minimum Gasteiger partial charge on any atom is -0.394 e. The average Bonchev–Trinajstić information content (AvgIpc) is 3.25. The number of nitrogens with one attached hydrogen (secondary N) is 1. The summed E-state index contributed by atoms with van der Waals surface area (Å²) in [6.45, 7) is -2.78.